The van der Waals surface area contributed by atoms with Crippen molar-refractivity contribution in [1.29, 1.82) is 0 Å². The third kappa shape index (κ3) is 1.24. The van der Waals surface area contributed by atoms with E-state index in [1.807, 2.05) is 18.2 Å². The van der Waals surface area contributed by atoms with Gasteiger partial charge in [-0.15, -0.1) is 0 Å². The minimum atomic E-state index is 0.349. The molecule has 14 heavy (non-hydrogen) atoms. The number of ether oxygens (including phenoxy) is 2. The summed E-state index contributed by atoms with van der Waals surface area (Å²) >= 11 is 0. The molecule has 0 spiro atoms. The standard InChI is InChI=1S/C11H13NO2/c1-2-10-9(4-5-13-10)11(3-1)14-8-6-12-7-8/h1-3,8,12H,4-7H2. The Hall–Kier alpha value is -1.22. The maximum Gasteiger partial charge on any atom is 0.126 e. The number of hydrogen-bond acceptors (Lipinski definition) is 3. The Kier molecular flexibility index (Phi) is 1.84. The predicted octanol–water partition coefficient (Wildman–Crippen LogP) is 0.972. The van der Waals surface area contributed by atoms with Gasteiger partial charge in [-0.1, -0.05) is 6.07 Å². The second-order valence-corrected chi connectivity index (χ2v) is 3.73. The van der Waals surface area contributed by atoms with Gasteiger partial charge in [0.05, 0.1) is 6.61 Å². The highest BCUT2D eigenvalue weighted by Gasteiger charge is 2.22. The van der Waals surface area contributed by atoms with E-state index < -0.39 is 0 Å². The van der Waals surface area contributed by atoms with Gasteiger partial charge in [0, 0.05) is 25.1 Å². The van der Waals surface area contributed by atoms with Crippen molar-refractivity contribution in [3.05, 3.63) is 23.8 Å². The number of fused-ring (bicyclic) bond motifs is 1. The largest absolute Gasteiger partial charge is 0.493 e. The van der Waals surface area contributed by atoms with Gasteiger partial charge >= 0.3 is 0 Å². The summed E-state index contributed by atoms with van der Waals surface area (Å²) in [5, 5.41) is 3.19. The van der Waals surface area contributed by atoms with Gasteiger partial charge in [-0.25, -0.2) is 0 Å². The first kappa shape index (κ1) is 8.12. The summed E-state index contributed by atoms with van der Waals surface area (Å²) in [5.41, 5.74) is 1.24. The molecule has 0 bridgehead atoms. The molecule has 0 unspecified atom stereocenters. The molecule has 0 radical (unpaired) electrons. The van der Waals surface area contributed by atoms with Crippen molar-refractivity contribution < 1.29 is 9.47 Å². The van der Waals surface area contributed by atoms with E-state index in [2.05, 4.69) is 5.32 Å². The predicted molar refractivity (Wildman–Crippen MR) is 52.9 cm³/mol. The molecule has 74 valence electrons. The molecule has 0 saturated carbocycles. The van der Waals surface area contributed by atoms with Gasteiger partial charge in [-0.3, -0.25) is 0 Å². The third-order valence-electron chi connectivity index (χ3n) is 2.74. The molecule has 3 heteroatoms. The molecule has 3 nitrogen and oxygen atoms in total. The average Bonchev–Trinajstić information content (AvgIpc) is 2.59. The fourth-order valence-corrected chi connectivity index (χ4v) is 1.83. The van der Waals surface area contributed by atoms with Gasteiger partial charge in [-0.2, -0.15) is 0 Å². The molecule has 1 fully saturated rings. The lowest BCUT2D eigenvalue weighted by Crippen LogP contribution is -2.50. The van der Waals surface area contributed by atoms with E-state index in [1.54, 1.807) is 0 Å². The van der Waals surface area contributed by atoms with Crippen molar-refractivity contribution in [2.24, 2.45) is 0 Å². The van der Waals surface area contributed by atoms with E-state index >= 15 is 0 Å². The van der Waals surface area contributed by atoms with Crippen molar-refractivity contribution in [3.8, 4) is 11.5 Å². The third-order valence-corrected chi connectivity index (χ3v) is 2.74. The van der Waals surface area contributed by atoms with Crippen LogP contribution in [0.2, 0.25) is 0 Å². The second-order valence-electron chi connectivity index (χ2n) is 3.73. The number of benzene rings is 1. The van der Waals surface area contributed by atoms with Crippen molar-refractivity contribution in [2.45, 2.75) is 12.5 Å². The quantitative estimate of drug-likeness (QED) is 0.755. The zero-order valence-corrected chi connectivity index (χ0v) is 7.95. The van der Waals surface area contributed by atoms with Crippen molar-refractivity contribution in [2.75, 3.05) is 19.7 Å². The van der Waals surface area contributed by atoms with Gasteiger partial charge in [0.1, 0.15) is 17.6 Å². The highest BCUT2D eigenvalue weighted by Crippen LogP contribution is 2.33. The second kappa shape index (κ2) is 3.17. The Bertz CT molecular complexity index is 347. The highest BCUT2D eigenvalue weighted by atomic mass is 16.5. The molecular formula is C11H13NO2. The van der Waals surface area contributed by atoms with E-state index in [4.69, 9.17) is 9.47 Å². The van der Waals surface area contributed by atoms with Gasteiger partial charge in [0.2, 0.25) is 0 Å². The zero-order chi connectivity index (χ0) is 9.38. The Labute approximate surface area is 83.0 Å². The average molecular weight is 191 g/mol. The molecule has 2 heterocycles. The Balaban J connectivity index is 1.85. The lowest BCUT2D eigenvalue weighted by Gasteiger charge is -2.28. The molecule has 0 aliphatic carbocycles. The van der Waals surface area contributed by atoms with Gasteiger partial charge in [0.15, 0.2) is 0 Å². The summed E-state index contributed by atoms with van der Waals surface area (Å²) in [6.07, 6.45) is 1.33. The summed E-state index contributed by atoms with van der Waals surface area (Å²) in [6, 6.07) is 6.03. The van der Waals surface area contributed by atoms with E-state index in [0.29, 0.717) is 6.10 Å². The molecule has 1 N–H and O–H groups in total. The van der Waals surface area contributed by atoms with Crippen LogP contribution in [-0.2, 0) is 6.42 Å². The number of hydrogen-bond donors (Lipinski definition) is 1. The first-order valence-electron chi connectivity index (χ1n) is 5.05. The van der Waals surface area contributed by atoms with Crippen LogP contribution in [0.25, 0.3) is 0 Å². The Morgan fingerprint density at radius 1 is 1.36 bits per heavy atom. The summed E-state index contributed by atoms with van der Waals surface area (Å²) in [6.45, 7) is 2.72. The molecule has 1 saturated heterocycles. The van der Waals surface area contributed by atoms with Gasteiger partial charge in [0.25, 0.3) is 0 Å². The van der Waals surface area contributed by atoms with Crippen LogP contribution in [-0.4, -0.2) is 25.8 Å². The number of rotatable bonds is 2. The zero-order valence-electron chi connectivity index (χ0n) is 7.95. The molecule has 1 aromatic rings. The lowest BCUT2D eigenvalue weighted by molar-refractivity contribution is 0.141. The van der Waals surface area contributed by atoms with E-state index in [0.717, 1.165) is 37.6 Å². The SMILES string of the molecule is c1cc2c(c(OC3CNC3)c1)CCO2. The number of nitrogens with one attached hydrogen (secondary N) is 1. The van der Waals surface area contributed by atoms with Crippen LogP contribution < -0.4 is 14.8 Å². The van der Waals surface area contributed by atoms with Crippen molar-refractivity contribution >= 4 is 0 Å². The summed E-state index contributed by atoms with van der Waals surface area (Å²) in [5.74, 6) is 2.00. The van der Waals surface area contributed by atoms with Crippen LogP contribution in [0, 0.1) is 0 Å². The summed E-state index contributed by atoms with van der Waals surface area (Å²) < 4.78 is 11.3. The van der Waals surface area contributed by atoms with Crippen LogP contribution in [0.5, 0.6) is 11.5 Å². The Morgan fingerprint density at radius 2 is 2.29 bits per heavy atom. The molecule has 0 aromatic heterocycles. The summed E-state index contributed by atoms with van der Waals surface area (Å²) in [7, 11) is 0. The maximum absolute atomic E-state index is 5.85. The molecular weight excluding hydrogens is 178 g/mol. The van der Waals surface area contributed by atoms with Crippen LogP contribution in [0.15, 0.2) is 18.2 Å². The van der Waals surface area contributed by atoms with Crippen LogP contribution in [0.3, 0.4) is 0 Å². The molecule has 2 aliphatic rings. The fraction of sp³-hybridized carbons (Fsp3) is 0.455. The molecule has 0 amide bonds. The monoisotopic (exact) mass is 191 g/mol. The molecule has 1 aromatic carbocycles. The minimum absolute atomic E-state index is 0.349. The molecule has 0 atom stereocenters. The maximum atomic E-state index is 5.85. The summed E-state index contributed by atoms with van der Waals surface area (Å²) in [4.78, 5) is 0. The van der Waals surface area contributed by atoms with E-state index in [1.165, 1.54) is 5.56 Å². The van der Waals surface area contributed by atoms with Crippen LogP contribution in [0.1, 0.15) is 5.56 Å². The van der Waals surface area contributed by atoms with E-state index in [-0.39, 0.29) is 0 Å². The first-order valence-corrected chi connectivity index (χ1v) is 5.05. The first-order chi connectivity index (χ1) is 6.93. The normalized spacial score (nSPS) is 19.7. The van der Waals surface area contributed by atoms with Gasteiger partial charge in [-0.05, 0) is 12.1 Å². The van der Waals surface area contributed by atoms with Crippen LogP contribution in [0.4, 0.5) is 0 Å². The smallest absolute Gasteiger partial charge is 0.126 e. The lowest BCUT2D eigenvalue weighted by atomic mass is 10.1. The molecule has 3 rings (SSSR count). The minimum Gasteiger partial charge on any atom is -0.493 e. The van der Waals surface area contributed by atoms with Crippen LogP contribution >= 0.6 is 0 Å². The van der Waals surface area contributed by atoms with Crippen molar-refractivity contribution in [1.82, 2.24) is 5.32 Å². The molecule has 2 aliphatic heterocycles. The topological polar surface area (TPSA) is 30.5 Å². The van der Waals surface area contributed by atoms with E-state index in [9.17, 15) is 0 Å². The fourth-order valence-electron chi connectivity index (χ4n) is 1.83. The highest BCUT2D eigenvalue weighted by molar-refractivity contribution is 5.47. The van der Waals surface area contributed by atoms with Gasteiger partial charge < -0.3 is 14.8 Å². The Morgan fingerprint density at radius 3 is 3.07 bits per heavy atom. The van der Waals surface area contributed by atoms with Crippen molar-refractivity contribution in [3.63, 3.8) is 0 Å².